The summed E-state index contributed by atoms with van der Waals surface area (Å²) in [5, 5.41) is 14.9. The first-order valence-corrected chi connectivity index (χ1v) is 13.4. The van der Waals surface area contributed by atoms with Crippen LogP contribution < -0.4 is 10.6 Å². The minimum absolute atomic E-state index is 0.0497. The Morgan fingerprint density at radius 3 is 2.11 bits per heavy atom. The molecule has 2 amide bonds. The number of amides is 2. The van der Waals surface area contributed by atoms with Crippen LogP contribution in [0.1, 0.15) is 50.2 Å². The molecule has 188 valence electrons. The molecular formula is C27H34N2O5S. The summed E-state index contributed by atoms with van der Waals surface area (Å²) in [4.78, 5) is 37.3. The maximum atomic E-state index is 13.1. The van der Waals surface area contributed by atoms with E-state index in [0.717, 1.165) is 22.3 Å². The molecule has 0 fully saturated rings. The predicted octanol–water partition coefficient (Wildman–Crippen LogP) is 4.65. The van der Waals surface area contributed by atoms with Gasteiger partial charge in [0.15, 0.2) is 0 Å². The van der Waals surface area contributed by atoms with E-state index in [0.29, 0.717) is 25.0 Å². The molecule has 8 heteroatoms. The van der Waals surface area contributed by atoms with Crippen LogP contribution in [-0.2, 0) is 14.3 Å². The normalized spacial score (nSPS) is 13.5. The fourth-order valence-corrected chi connectivity index (χ4v) is 5.07. The topological polar surface area (TPSA) is 105 Å². The fraction of sp³-hybridized carbons (Fsp3) is 0.444. The van der Waals surface area contributed by atoms with Crippen molar-refractivity contribution >= 4 is 29.7 Å². The maximum absolute atomic E-state index is 13.1. The molecule has 1 atom stereocenters. The van der Waals surface area contributed by atoms with E-state index in [1.165, 1.54) is 11.8 Å². The van der Waals surface area contributed by atoms with Crippen LogP contribution in [0.2, 0.25) is 0 Å². The van der Waals surface area contributed by atoms with Gasteiger partial charge in [0.2, 0.25) is 5.91 Å². The van der Waals surface area contributed by atoms with Gasteiger partial charge in [-0.05, 0) is 53.5 Å². The molecule has 0 spiro atoms. The van der Waals surface area contributed by atoms with Gasteiger partial charge in [-0.25, -0.2) is 9.59 Å². The monoisotopic (exact) mass is 498 g/mol. The molecule has 3 N–H and O–H groups in total. The number of carboxylic acid groups (broad SMARTS) is 1. The van der Waals surface area contributed by atoms with Crippen molar-refractivity contribution in [2.24, 2.45) is 5.41 Å². The zero-order valence-corrected chi connectivity index (χ0v) is 21.3. The van der Waals surface area contributed by atoms with Gasteiger partial charge in [-0.3, -0.25) is 4.79 Å². The Kier molecular flexibility index (Phi) is 9.20. The van der Waals surface area contributed by atoms with Crippen molar-refractivity contribution in [1.29, 1.82) is 0 Å². The Hall–Kier alpha value is -3.00. The Balaban J connectivity index is 1.62. The molecule has 0 heterocycles. The Morgan fingerprint density at radius 1 is 1.03 bits per heavy atom. The molecule has 0 saturated heterocycles. The predicted molar refractivity (Wildman–Crippen MR) is 139 cm³/mol. The molecule has 2 aromatic carbocycles. The number of benzene rings is 2. The molecule has 7 nitrogen and oxygen atoms in total. The molecule has 3 rings (SSSR count). The van der Waals surface area contributed by atoms with Crippen molar-refractivity contribution in [3.05, 3.63) is 59.7 Å². The molecular weight excluding hydrogens is 464 g/mol. The van der Waals surface area contributed by atoms with Crippen LogP contribution in [0.4, 0.5) is 4.79 Å². The highest BCUT2D eigenvalue weighted by Crippen LogP contribution is 2.44. The molecule has 35 heavy (non-hydrogen) atoms. The van der Waals surface area contributed by atoms with Gasteiger partial charge in [-0.1, -0.05) is 62.4 Å². The highest BCUT2D eigenvalue weighted by molar-refractivity contribution is 7.98. The number of fused-ring (bicyclic) bond motifs is 3. The number of ether oxygens (including phenoxy) is 1. The summed E-state index contributed by atoms with van der Waals surface area (Å²) in [6.45, 7) is 3.98. The van der Waals surface area contributed by atoms with Crippen molar-refractivity contribution in [3.63, 3.8) is 0 Å². The number of carbonyl (C=O) groups excluding carboxylic acids is 2. The van der Waals surface area contributed by atoms with E-state index in [-0.39, 0.29) is 25.0 Å². The number of nitrogens with one attached hydrogen (secondary N) is 2. The van der Waals surface area contributed by atoms with Gasteiger partial charge >= 0.3 is 12.1 Å². The summed E-state index contributed by atoms with van der Waals surface area (Å²) in [6.07, 6.45) is 2.54. The van der Waals surface area contributed by atoms with Crippen LogP contribution >= 0.6 is 11.8 Å². The van der Waals surface area contributed by atoms with E-state index in [1.54, 1.807) is 0 Å². The fourth-order valence-electron chi connectivity index (χ4n) is 4.60. The van der Waals surface area contributed by atoms with Crippen molar-refractivity contribution < 1.29 is 24.2 Å². The van der Waals surface area contributed by atoms with Crippen LogP contribution in [0.5, 0.6) is 0 Å². The number of carboxylic acids is 1. The molecule has 0 bridgehead atoms. The second-order valence-electron chi connectivity index (χ2n) is 8.81. The van der Waals surface area contributed by atoms with Crippen LogP contribution in [0.15, 0.2) is 48.5 Å². The lowest BCUT2D eigenvalue weighted by molar-refractivity contribution is -0.144. The van der Waals surface area contributed by atoms with Crippen molar-refractivity contribution in [2.75, 3.05) is 25.2 Å². The summed E-state index contributed by atoms with van der Waals surface area (Å²) < 4.78 is 5.60. The number of alkyl carbamates (subject to hydrolysis) is 1. The Morgan fingerprint density at radius 2 is 1.60 bits per heavy atom. The van der Waals surface area contributed by atoms with E-state index in [2.05, 4.69) is 34.9 Å². The molecule has 0 saturated carbocycles. The SMILES string of the molecule is CCC(CC)(CNC(=O)OCC1c2ccccc2-c2ccccc21)C(=O)N[C@@H](CCSC)C(=O)O. The van der Waals surface area contributed by atoms with Gasteiger partial charge in [0, 0.05) is 12.5 Å². The standard InChI is InChI=1S/C27H34N2O5S/c1-4-27(5-2,25(32)29-23(24(30)31)14-15-35-3)17-28-26(33)34-16-22-20-12-8-6-10-18(20)19-11-7-9-13-21(19)22/h6-13,22-23H,4-5,14-17H2,1-3H3,(H,28,33)(H,29,32)(H,30,31)/t23-/m0/s1. The van der Waals surface area contributed by atoms with E-state index in [1.807, 2.05) is 44.4 Å². The molecule has 1 aliphatic carbocycles. The number of hydrogen-bond donors (Lipinski definition) is 3. The van der Waals surface area contributed by atoms with Crippen molar-refractivity contribution in [2.45, 2.75) is 45.1 Å². The molecule has 1 aliphatic rings. The van der Waals surface area contributed by atoms with Crippen molar-refractivity contribution in [1.82, 2.24) is 10.6 Å². The highest BCUT2D eigenvalue weighted by atomic mass is 32.2. The molecule has 0 unspecified atom stereocenters. The van der Waals surface area contributed by atoms with Crippen LogP contribution in [0, 0.1) is 5.41 Å². The Bertz CT molecular complexity index is 1010. The average Bonchev–Trinajstić information content (AvgIpc) is 3.19. The largest absolute Gasteiger partial charge is 0.480 e. The van der Waals surface area contributed by atoms with Gasteiger partial charge in [0.1, 0.15) is 12.6 Å². The molecule has 0 radical (unpaired) electrons. The van der Waals surface area contributed by atoms with E-state index in [4.69, 9.17) is 4.74 Å². The second kappa shape index (κ2) is 12.1. The highest BCUT2D eigenvalue weighted by Gasteiger charge is 2.38. The van der Waals surface area contributed by atoms with Gasteiger partial charge in [0.05, 0.1) is 5.41 Å². The zero-order chi connectivity index (χ0) is 25.4. The quantitative estimate of drug-likeness (QED) is 0.393. The number of aliphatic carboxylic acids is 1. The average molecular weight is 499 g/mol. The van der Waals surface area contributed by atoms with E-state index in [9.17, 15) is 19.5 Å². The zero-order valence-electron chi connectivity index (χ0n) is 20.5. The maximum Gasteiger partial charge on any atom is 0.407 e. The number of thioether (sulfide) groups is 1. The first kappa shape index (κ1) is 26.6. The van der Waals surface area contributed by atoms with Crippen LogP contribution in [0.3, 0.4) is 0 Å². The minimum atomic E-state index is -1.06. The third-order valence-electron chi connectivity index (χ3n) is 6.96. The van der Waals surface area contributed by atoms with Gasteiger partial charge in [0.25, 0.3) is 0 Å². The lowest BCUT2D eigenvalue weighted by Gasteiger charge is -2.31. The van der Waals surface area contributed by atoms with Gasteiger partial charge in [-0.2, -0.15) is 11.8 Å². The number of rotatable bonds is 12. The third kappa shape index (κ3) is 5.99. The van der Waals surface area contributed by atoms with Crippen molar-refractivity contribution in [3.8, 4) is 11.1 Å². The van der Waals surface area contributed by atoms with E-state index < -0.39 is 23.5 Å². The van der Waals surface area contributed by atoms with Gasteiger partial charge in [-0.15, -0.1) is 0 Å². The molecule has 0 aromatic heterocycles. The van der Waals surface area contributed by atoms with Crippen LogP contribution in [-0.4, -0.2) is 54.3 Å². The minimum Gasteiger partial charge on any atom is -0.480 e. The number of hydrogen-bond acceptors (Lipinski definition) is 5. The Labute approximate surface area is 211 Å². The van der Waals surface area contributed by atoms with Gasteiger partial charge < -0.3 is 20.5 Å². The number of carbonyl (C=O) groups is 3. The molecule has 2 aromatic rings. The third-order valence-corrected chi connectivity index (χ3v) is 7.61. The smallest absolute Gasteiger partial charge is 0.407 e. The van der Waals surface area contributed by atoms with E-state index >= 15 is 0 Å². The first-order valence-electron chi connectivity index (χ1n) is 12.0. The first-order chi connectivity index (χ1) is 16.9. The lowest BCUT2D eigenvalue weighted by atomic mass is 9.81. The summed E-state index contributed by atoms with van der Waals surface area (Å²) in [7, 11) is 0. The summed E-state index contributed by atoms with van der Waals surface area (Å²) in [5.41, 5.74) is 3.64. The summed E-state index contributed by atoms with van der Waals surface area (Å²) in [6, 6.07) is 15.3. The lowest BCUT2D eigenvalue weighted by Crippen LogP contribution is -2.52. The summed E-state index contributed by atoms with van der Waals surface area (Å²) in [5.74, 6) is -0.847. The molecule has 0 aliphatic heterocycles. The van der Waals surface area contributed by atoms with Crippen LogP contribution in [0.25, 0.3) is 11.1 Å². The summed E-state index contributed by atoms with van der Waals surface area (Å²) >= 11 is 1.53. The second-order valence-corrected chi connectivity index (χ2v) is 9.80.